The van der Waals surface area contributed by atoms with Crippen molar-refractivity contribution >= 4 is 15.8 Å². The fourth-order valence-electron chi connectivity index (χ4n) is 0.626. The van der Waals surface area contributed by atoms with Gasteiger partial charge in [0.1, 0.15) is 0 Å². The van der Waals surface area contributed by atoms with Crippen molar-refractivity contribution in [2.24, 2.45) is 10.7 Å². The molecular formula is C7H14N4O2S. The van der Waals surface area contributed by atoms with Gasteiger partial charge in [-0.3, -0.25) is 10.3 Å². The van der Waals surface area contributed by atoms with Crippen molar-refractivity contribution in [1.82, 2.24) is 5.32 Å². The molecule has 0 bridgehead atoms. The molecule has 0 aliphatic carbocycles. The molecule has 0 fully saturated rings. The second kappa shape index (κ2) is 5.44. The molecule has 0 aliphatic heterocycles. The summed E-state index contributed by atoms with van der Waals surface area (Å²) in [6.07, 6.45) is 1.58. The van der Waals surface area contributed by atoms with Crippen molar-refractivity contribution in [1.29, 1.82) is 5.26 Å². The molecule has 0 aromatic rings. The van der Waals surface area contributed by atoms with E-state index in [4.69, 9.17) is 11.0 Å². The fraction of sp³-hybridized carbons (Fsp3) is 0.714. The number of hydrogen-bond acceptors (Lipinski definition) is 4. The molecule has 0 aliphatic rings. The number of nitrogens with zero attached hydrogens (tertiary/aromatic N) is 2. The summed E-state index contributed by atoms with van der Waals surface area (Å²) >= 11 is 0. The fourth-order valence-corrected chi connectivity index (χ4v) is 1.44. The molecule has 14 heavy (non-hydrogen) atoms. The molecule has 0 radical (unpaired) electrons. The molecule has 7 heteroatoms. The van der Waals surface area contributed by atoms with Crippen molar-refractivity contribution in [3.05, 3.63) is 0 Å². The van der Waals surface area contributed by atoms with Gasteiger partial charge < -0.3 is 5.73 Å². The summed E-state index contributed by atoms with van der Waals surface area (Å²) in [6.45, 7) is 3.28. The van der Waals surface area contributed by atoms with Crippen molar-refractivity contribution in [3.63, 3.8) is 0 Å². The van der Waals surface area contributed by atoms with Crippen LogP contribution >= 0.6 is 0 Å². The highest BCUT2D eigenvalue weighted by Gasteiger charge is 2.14. The Hall–Kier alpha value is -1.29. The largest absolute Gasteiger partial charge is 0.369 e. The highest BCUT2D eigenvalue weighted by atomic mass is 32.2. The molecule has 0 rings (SSSR count). The molecule has 0 heterocycles. The Morgan fingerprint density at radius 2 is 2.21 bits per heavy atom. The third-order valence-electron chi connectivity index (χ3n) is 1.56. The van der Waals surface area contributed by atoms with E-state index in [0.29, 0.717) is 0 Å². The predicted molar refractivity (Wildman–Crippen MR) is 54.2 cm³/mol. The average molecular weight is 218 g/mol. The normalized spacial score (nSPS) is 12.6. The van der Waals surface area contributed by atoms with E-state index in [1.165, 1.54) is 0 Å². The van der Waals surface area contributed by atoms with Crippen LogP contribution in [0, 0.1) is 11.5 Å². The van der Waals surface area contributed by atoms with E-state index >= 15 is 0 Å². The smallest absolute Gasteiger partial charge is 0.202 e. The highest BCUT2D eigenvalue weighted by molar-refractivity contribution is 7.92. The third kappa shape index (κ3) is 4.67. The van der Waals surface area contributed by atoms with E-state index in [-0.39, 0.29) is 18.3 Å². The van der Waals surface area contributed by atoms with E-state index in [0.717, 1.165) is 0 Å². The van der Waals surface area contributed by atoms with Crippen LogP contribution in [-0.2, 0) is 9.84 Å². The molecule has 80 valence electrons. The van der Waals surface area contributed by atoms with Crippen LogP contribution in [0.5, 0.6) is 0 Å². The Morgan fingerprint density at radius 1 is 1.64 bits per heavy atom. The van der Waals surface area contributed by atoms with Gasteiger partial charge in [-0.2, -0.15) is 5.26 Å². The van der Waals surface area contributed by atoms with Crippen LogP contribution in [0.15, 0.2) is 4.99 Å². The molecule has 0 saturated carbocycles. The summed E-state index contributed by atoms with van der Waals surface area (Å²) in [5.41, 5.74) is 5.21. The number of nitrogens with two attached hydrogens (primary N) is 1. The van der Waals surface area contributed by atoms with Crippen LogP contribution in [0.3, 0.4) is 0 Å². The second-order valence-corrected chi connectivity index (χ2v) is 5.60. The van der Waals surface area contributed by atoms with Crippen LogP contribution < -0.4 is 11.1 Å². The molecule has 0 atom stereocenters. The lowest BCUT2D eigenvalue weighted by Crippen LogP contribution is -2.28. The first-order valence-corrected chi connectivity index (χ1v) is 5.78. The first kappa shape index (κ1) is 12.7. The number of sulfone groups is 1. The third-order valence-corrected chi connectivity index (χ3v) is 3.75. The molecule has 6 nitrogen and oxygen atoms in total. The number of nitrogens with one attached hydrogen (secondary N) is 1. The van der Waals surface area contributed by atoms with Gasteiger partial charge in [0, 0.05) is 0 Å². The van der Waals surface area contributed by atoms with E-state index < -0.39 is 15.1 Å². The summed E-state index contributed by atoms with van der Waals surface area (Å²) in [4.78, 5) is 3.66. The van der Waals surface area contributed by atoms with Crippen LogP contribution in [0.1, 0.15) is 13.8 Å². The van der Waals surface area contributed by atoms with E-state index in [2.05, 4.69) is 10.3 Å². The van der Waals surface area contributed by atoms with Gasteiger partial charge in [-0.25, -0.2) is 8.42 Å². The number of guanidine groups is 1. The molecule has 0 amide bonds. The maximum absolute atomic E-state index is 11.3. The quantitative estimate of drug-likeness (QED) is 0.278. The SMILES string of the molecule is CC(C)S(=O)(=O)CCN=C(N)NC#N. The van der Waals surface area contributed by atoms with Gasteiger partial charge in [0.05, 0.1) is 17.5 Å². The van der Waals surface area contributed by atoms with Crippen LogP contribution in [0.25, 0.3) is 0 Å². The van der Waals surface area contributed by atoms with Gasteiger partial charge in [-0.1, -0.05) is 0 Å². The predicted octanol–water partition coefficient (Wildman–Crippen LogP) is -0.805. The van der Waals surface area contributed by atoms with Crippen molar-refractivity contribution in [3.8, 4) is 6.19 Å². The lowest BCUT2D eigenvalue weighted by molar-refractivity contribution is 0.587. The van der Waals surface area contributed by atoms with Crippen molar-refractivity contribution < 1.29 is 8.42 Å². The minimum atomic E-state index is -3.08. The lowest BCUT2D eigenvalue weighted by atomic mass is 10.6. The van der Waals surface area contributed by atoms with E-state index in [1.807, 2.05) is 0 Å². The maximum Gasteiger partial charge on any atom is 0.202 e. The lowest BCUT2D eigenvalue weighted by Gasteiger charge is -2.05. The Kier molecular flexibility index (Phi) is 4.94. The van der Waals surface area contributed by atoms with Gasteiger partial charge in [-0.15, -0.1) is 0 Å². The van der Waals surface area contributed by atoms with Gasteiger partial charge >= 0.3 is 0 Å². The summed E-state index contributed by atoms with van der Waals surface area (Å²) < 4.78 is 22.5. The molecule has 0 aromatic heterocycles. The summed E-state index contributed by atoms with van der Waals surface area (Å²) in [6, 6.07) is 0. The minimum Gasteiger partial charge on any atom is -0.369 e. The zero-order valence-electron chi connectivity index (χ0n) is 8.19. The Labute approximate surface area is 83.7 Å². The maximum atomic E-state index is 11.3. The zero-order chi connectivity index (χ0) is 11.2. The monoisotopic (exact) mass is 218 g/mol. The number of nitriles is 1. The first-order chi connectivity index (χ1) is 6.40. The van der Waals surface area contributed by atoms with Crippen LogP contribution in [0.4, 0.5) is 0 Å². The zero-order valence-corrected chi connectivity index (χ0v) is 9.00. The Balaban J connectivity index is 4.10. The minimum absolute atomic E-state index is 0.0571. The summed E-state index contributed by atoms with van der Waals surface area (Å²) in [7, 11) is -3.08. The Morgan fingerprint density at radius 3 is 2.64 bits per heavy atom. The van der Waals surface area contributed by atoms with Crippen molar-refractivity contribution in [2.45, 2.75) is 19.1 Å². The molecule has 0 saturated heterocycles. The highest BCUT2D eigenvalue weighted by Crippen LogP contribution is 1.99. The van der Waals surface area contributed by atoms with Gasteiger partial charge in [0.2, 0.25) is 5.96 Å². The van der Waals surface area contributed by atoms with Crippen molar-refractivity contribution in [2.75, 3.05) is 12.3 Å². The Bertz CT molecular complexity index is 339. The molecule has 3 N–H and O–H groups in total. The van der Waals surface area contributed by atoms with Crippen LogP contribution in [0.2, 0.25) is 0 Å². The van der Waals surface area contributed by atoms with Gasteiger partial charge in [0.15, 0.2) is 16.0 Å². The number of aliphatic imine (C=N–C) groups is 1. The van der Waals surface area contributed by atoms with E-state index in [1.54, 1.807) is 20.0 Å². The molecule has 0 aromatic carbocycles. The first-order valence-electron chi connectivity index (χ1n) is 4.06. The average Bonchev–Trinajstić information content (AvgIpc) is 2.04. The summed E-state index contributed by atoms with van der Waals surface area (Å²) in [5, 5.41) is 9.83. The topological polar surface area (TPSA) is 108 Å². The van der Waals surface area contributed by atoms with Gasteiger partial charge in [0.25, 0.3) is 0 Å². The van der Waals surface area contributed by atoms with Gasteiger partial charge in [-0.05, 0) is 13.8 Å². The molecule has 0 spiro atoms. The molecular weight excluding hydrogens is 204 g/mol. The second-order valence-electron chi connectivity index (χ2n) is 2.92. The number of hydrogen-bond donors (Lipinski definition) is 2. The number of rotatable bonds is 4. The summed E-state index contributed by atoms with van der Waals surface area (Å²) in [5.74, 6) is -0.121. The standard InChI is InChI=1S/C7H14N4O2S/c1-6(2)14(12,13)4-3-10-7(9)11-5-8/h6H,3-4H2,1-2H3,(H3,9,10,11). The molecule has 0 unspecified atom stereocenters. The van der Waals surface area contributed by atoms with E-state index in [9.17, 15) is 8.42 Å². The van der Waals surface area contributed by atoms with Crippen LogP contribution in [-0.4, -0.2) is 31.9 Å².